The molecule has 1 N–H and O–H groups in total. The number of halogens is 1. The summed E-state index contributed by atoms with van der Waals surface area (Å²) in [6.45, 7) is 4.88. The Hall–Kier alpha value is -3.19. The Kier molecular flexibility index (Phi) is 23.8. The molecule has 0 saturated carbocycles. The van der Waals surface area contributed by atoms with Crippen LogP contribution in [0.3, 0.4) is 0 Å². The van der Waals surface area contributed by atoms with Crippen molar-refractivity contribution in [2.24, 2.45) is 0 Å². The van der Waals surface area contributed by atoms with E-state index in [1.54, 1.807) is 10.8 Å². The van der Waals surface area contributed by atoms with E-state index in [0.29, 0.717) is 38.9 Å². The number of rotatable bonds is 29. The topological polar surface area (TPSA) is 165 Å². The highest BCUT2D eigenvalue weighted by Gasteiger charge is 2.54. The van der Waals surface area contributed by atoms with E-state index in [2.05, 4.69) is 4.98 Å². The predicted molar refractivity (Wildman–Crippen MR) is 199 cm³/mol. The van der Waals surface area contributed by atoms with Crippen molar-refractivity contribution in [3.8, 4) is 6.01 Å². The predicted octanol–water partition coefficient (Wildman–Crippen LogP) is 7.61. The first kappa shape index (κ1) is 46.0. The van der Waals surface area contributed by atoms with E-state index in [-0.39, 0.29) is 60.8 Å². The fraction of sp³-hybridized carbons (Fsp3) is 0.795. The fourth-order valence-electron chi connectivity index (χ4n) is 6.40. The maximum Gasteiger partial charge on any atom is 0.306 e. The van der Waals surface area contributed by atoms with Crippen LogP contribution in [0.4, 0.5) is 0 Å². The van der Waals surface area contributed by atoms with Gasteiger partial charge in [0.2, 0.25) is 0 Å². The maximum atomic E-state index is 12.9. The molecule has 4 atom stereocenters. The highest BCUT2D eigenvalue weighted by Crippen LogP contribution is 2.40. The number of carbonyl (C=O) groups excluding carboxylic acids is 4. The second-order valence-electron chi connectivity index (χ2n) is 13.9. The molecule has 53 heavy (non-hydrogen) atoms. The van der Waals surface area contributed by atoms with Gasteiger partial charge in [0.25, 0.3) is 0 Å². The maximum absolute atomic E-state index is 12.9. The second-order valence-corrected chi connectivity index (χ2v) is 13.9. The van der Waals surface area contributed by atoms with E-state index in [1.807, 2.05) is 13.8 Å². The minimum atomic E-state index is -0.786. The van der Waals surface area contributed by atoms with Gasteiger partial charge in [0.05, 0.1) is 13.2 Å². The Balaban J connectivity index is 0.00000972. The third kappa shape index (κ3) is 18.1. The molecule has 0 aliphatic carbocycles. The molecule has 2 aliphatic heterocycles. The van der Waals surface area contributed by atoms with E-state index in [4.69, 9.17) is 33.8 Å². The molecule has 0 radical (unpaired) electrons. The average molecular weight is 770 g/mol. The first-order valence-electron chi connectivity index (χ1n) is 19.9. The van der Waals surface area contributed by atoms with Crippen LogP contribution in [0.15, 0.2) is 12.3 Å². The van der Waals surface area contributed by atoms with Gasteiger partial charge in [-0.05, 0) is 44.6 Å². The Bertz CT molecular complexity index is 1280. The van der Waals surface area contributed by atoms with Crippen LogP contribution in [0.25, 0.3) is 0 Å². The molecule has 302 valence electrons. The standard InChI is InChI=1S/C39H63N3O10.ClH/c1-3-21-32(43)47-27-19-15-11-7-5-9-13-17-23-34(45)49-29-30-36(37-38(50-30)42-26-25-31(40)41-39(42)52-37)51-35(46)24-18-14-10-6-8-12-16-20-28-48-33(44)22-4-2;/h25-26,30,36-38,40H,3-24,27-29H2,1-2H3;1H/t30-,36-,37-,38-;/m1./s1. The van der Waals surface area contributed by atoms with Gasteiger partial charge in [-0.3, -0.25) is 29.2 Å². The molecule has 14 heteroatoms. The summed E-state index contributed by atoms with van der Waals surface area (Å²) in [4.78, 5) is 52.4. The average Bonchev–Trinajstić information content (AvgIpc) is 3.63. The van der Waals surface area contributed by atoms with Crippen LogP contribution in [0.2, 0.25) is 0 Å². The normalized spacial score (nSPS) is 18.3. The lowest BCUT2D eigenvalue weighted by molar-refractivity contribution is -0.160. The van der Waals surface area contributed by atoms with Crippen molar-refractivity contribution in [1.82, 2.24) is 9.55 Å². The number of unbranched alkanes of at least 4 members (excludes halogenated alkanes) is 14. The highest BCUT2D eigenvalue weighted by atomic mass is 35.5. The third-order valence-electron chi connectivity index (χ3n) is 9.29. The summed E-state index contributed by atoms with van der Waals surface area (Å²) >= 11 is 0. The van der Waals surface area contributed by atoms with E-state index in [0.717, 1.165) is 109 Å². The molecule has 2 aliphatic rings. The Morgan fingerprint density at radius 2 is 1.15 bits per heavy atom. The zero-order valence-electron chi connectivity index (χ0n) is 32.0. The van der Waals surface area contributed by atoms with Gasteiger partial charge in [-0.2, -0.15) is 4.98 Å². The molecular weight excluding hydrogens is 706 g/mol. The van der Waals surface area contributed by atoms with Gasteiger partial charge in [0, 0.05) is 31.9 Å². The second kappa shape index (κ2) is 27.4. The van der Waals surface area contributed by atoms with Gasteiger partial charge in [0.15, 0.2) is 23.9 Å². The number of esters is 4. The molecule has 1 saturated heterocycles. The molecule has 1 aromatic rings. The summed E-state index contributed by atoms with van der Waals surface area (Å²) in [5.74, 6) is -0.887. The SMILES string of the molecule is CCCC(=O)OCCCCCCCCCCC(=O)OC[C@H]1O[C@@H]2[C@H](Oc3nc(=N)ccn32)[C@@H]1OC(=O)CCCCCCCCCCOC(=O)CCC.Cl. The summed E-state index contributed by atoms with van der Waals surface area (Å²) in [7, 11) is 0. The minimum absolute atomic E-state index is 0. The van der Waals surface area contributed by atoms with Gasteiger partial charge in [-0.25, -0.2) is 0 Å². The lowest BCUT2D eigenvalue weighted by Gasteiger charge is -2.22. The molecule has 1 aromatic heterocycles. The molecule has 0 bridgehead atoms. The zero-order chi connectivity index (χ0) is 37.4. The van der Waals surface area contributed by atoms with E-state index in [1.165, 1.54) is 6.07 Å². The van der Waals surface area contributed by atoms with Crippen LogP contribution < -0.4 is 10.2 Å². The Morgan fingerprint density at radius 3 is 1.68 bits per heavy atom. The van der Waals surface area contributed by atoms with Crippen LogP contribution in [0.5, 0.6) is 6.01 Å². The van der Waals surface area contributed by atoms with Crippen molar-refractivity contribution in [2.45, 2.75) is 180 Å². The largest absolute Gasteiger partial charge is 0.466 e. The van der Waals surface area contributed by atoms with Crippen molar-refractivity contribution >= 4 is 36.3 Å². The summed E-state index contributed by atoms with van der Waals surface area (Å²) in [6.07, 6.45) is 18.0. The smallest absolute Gasteiger partial charge is 0.306 e. The van der Waals surface area contributed by atoms with Crippen molar-refractivity contribution in [1.29, 1.82) is 5.41 Å². The minimum Gasteiger partial charge on any atom is -0.466 e. The number of fused-ring (bicyclic) bond motifs is 3. The van der Waals surface area contributed by atoms with E-state index < -0.39 is 24.5 Å². The number of ether oxygens (including phenoxy) is 6. The van der Waals surface area contributed by atoms with Gasteiger partial charge in [-0.15, -0.1) is 12.4 Å². The number of hydrogen-bond donors (Lipinski definition) is 1. The summed E-state index contributed by atoms with van der Waals surface area (Å²) < 4.78 is 35.7. The van der Waals surface area contributed by atoms with E-state index in [9.17, 15) is 19.2 Å². The van der Waals surface area contributed by atoms with Gasteiger partial charge in [0.1, 0.15) is 12.7 Å². The van der Waals surface area contributed by atoms with Crippen LogP contribution in [-0.4, -0.2) is 71.6 Å². The Labute approximate surface area is 321 Å². The van der Waals surface area contributed by atoms with Crippen LogP contribution in [0, 0.1) is 5.41 Å². The van der Waals surface area contributed by atoms with Gasteiger partial charge in [-0.1, -0.05) is 90.9 Å². The molecule has 0 spiro atoms. The summed E-state index contributed by atoms with van der Waals surface area (Å²) in [5, 5.41) is 7.83. The molecule has 1 fully saturated rings. The monoisotopic (exact) mass is 769 g/mol. The number of nitrogens with zero attached hydrogens (tertiary/aromatic N) is 2. The van der Waals surface area contributed by atoms with Crippen molar-refractivity contribution in [2.75, 3.05) is 19.8 Å². The highest BCUT2D eigenvalue weighted by molar-refractivity contribution is 5.85. The summed E-state index contributed by atoms with van der Waals surface area (Å²) in [5.41, 5.74) is 0.0557. The van der Waals surface area contributed by atoms with Gasteiger partial charge >= 0.3 is 29.9 Å². The van der Waals surface area contributed by atoms with Crippen molar-refractivity contribution in [3.05, 3.63) is 17.8 Å². The number of nitrogens with one attached hydrogen (secondary N) is 1. The molecular formula is C39H64ClN3O10. The quantitative estimate of drug-likeness (QED) is 0.0484. The van der Waals surface area contributed by atoms with Crippen LogP contribution in [0.1, 0.15) is 161 Å². The first-order valence-corrected chi connectivity index (χ1v) is 19.9. The van der Waals surface area contributed by atoms with E-state index >= 15 is 0 Å². The molecule has 13 nitrogen and oxygen atoms in total. The van der Waals surface area contributed by atoms with Gasteiger partial charge < -0.3 is 28.4 Å². The van der Waals surface area contributed by atoms with Crippen molar-refractivity contribution < 1.29 is 47.6 Å². The molecule has 0 aromatic carbocycles. The van der Waals surface area contributed by atoms with Crippen molar-refractivity contribution in [3.63, 3.8) is 0 Å². The lowest BCUT2D eigenvalue weighted by Crippen LogP contribution is -2.40. The number of hydrogen-bond acceptors (Lipinski definition) is 12. The van der Waals surface area contributed by atoms with Crippen LogP contribution >= 0.6 is 12.4 Å². The summed E-state index contributed by atoms with van der Waals surface area (Å²) in [6, 6.07) is 1.76. The van der Waals surface area contributed by atoms with Crippen LogP contribution in [-0.2, 0) is 42.9 Å². The molecule has 3 rings (SSSR count). The molecule has 0 amide bonds. The number of aromatic nitrogens is 2. The molecule has 0 unspecified atom stereocenters. The molecule has 3 heterocycles. The first-order chi connectivity index (χ1) is 25.3. The zero-order valence-corrected chi connectivity index (χ0v) is 32.8. The number of carbonyl (C=O) groups is 4. The Morgan fingerprint density at radius 1 is 0.679 bits per heavy atom. The lowest BCUT2D eigenvalue weighted by atomic mass is 10.1. The fourth-order valence-corrected chi connectivity index (χ4v) is 6.40. The third-order valence-corrected chi connectivity index (χ3v) is 9.29.